The van der Waals surface area contributed by atoms with Gasteiger partial charge in [-0.15, -0.1) is 19.7 Å². The second-order valence-corrected chi connectivity index (χ2v) is 2.07. The molecule has 1 heteroatoms. The predicted molar refractivity (Wildman–Crippen MR) is 51.8 cm³/mol. The molecule has 0 saturated heterocycles. The lowest BCUT2D eigenvalue weighted by Crippen LogP contribution is -1.92. The van der Waals surface area contributed by atoms with Crippen LogP contribution in [0.1, 0.15) is 26.2 Å². The summed E-state index contributed by atoms with van der Waals surface area (Å²) in [7, 11) is 0. The Bertz CT molecular complexity index is 69.3. The fraction of sp³-hybridized carbons (Fsp3) is 0.600. The van der Waals surface area contributed by atoms with Gasteiger partial charge in [0, 0.05) is 6.61 Å². The first-order chi connectivity index (χ1) is 5.41. The van der Waals surface area contributed by atoms with E-state index in [4.69, 9.17) is 4.74 Å². The highest BCUT2D eigenvalue weighted by Crippen LogP contribution is 1.93. The van der Waals surface area contributed by atoms with E-state index in [9.17, 15) is 0 Å². The zero-order valence-corrected chi connectivity index (χ0v) is 7.64. The molecule has 66 valence electrons. The van der Waals surface area contributed by atoms with Crippen LogP contribution in [-0.4, -0.2) is 13.2 Å². The van der Waals surface area contributed by atoms with Crippen molar-refractivity contribution < 1.29 is 4.74 Å². The molecule has 0 unspecified atom stereocenters. The van der Waals surface area contributed by atoms with E-state index < -0.39 is 0 Å². The summed E-state index contributed by atoms with van der Waals surface area (Å²) in [5, 5.41) is 0. The van der Waals surface area contributed by atoms with E-state index in [0.29, 0.717) is 6.61 Å². The second kappa shape index (κ2) is 16.2. The summed E-state index contributed by atoms with van der Waals surface area (Å²) in [6, 6.07) is 0. The Morgan fingerprint density at radius 3 is 2.36 bits per heavy atom. The van der Waals surface area contributed by atoms with Crippen molar-refractivity contribution in [3.63, 3.8) is 0 Å². The van der Waals surface area contributed by atoms with Crippen LogP contribution in [0, 0.1) is 0 Å². The lowest BCUT2D eigenvalue weighted by Gasteiger charge is -1.97. The van der Waals surface area contributed by atoms with Crippen molar-refractivity contribution in [2.24, 2.45) is 0 Å². The first kappa shape index (κ1) is 13.1. The molecule has 0 aromatic heterocycles. The van der Waals surface area contributed by atoms with Crippen molar-refractivity contribution >= 4 is 0 Å². The molecule has 0 N–H and O–H groups in total. The molecule has 0 aromatic carbocycles. The van der Waals surface area contributed by atoms with Crippen LogP contribution in [0.4, 0.5) is 0 Å². The number of hydrogen-bond donors (Lipinski definition) is 0. The summed E-state index contributed by atoms with van der Waals surface area (Å²) >= 11 is 0. The molecule has 0 saturated carbocycles. The van der Waals surface area contributed by atoms with Crippen LogP contribution in [0.25, 0.3) is 0 Å². The molecule has 0 aromatic rings. The molecule has 0 heterocycles. The third kappa shape index (κ3) is 17.7. The minimum Gasteiger partial charge on any atom is -0.377 e. The number of rotatable bonds is 6. The fourth-order valence-corrected chi connectivity index (χ4v) is 0.621. The van der Waals surface area contributed by atoms with Crippen molar-refractivity contribution in [3.8, 4) is 0 Å². The maximum atomic E-state index is 5.17. The quantitative estimate of drug-likeness (QED) is 0.424. The Morgan fingerprint density at radius 1 is 1.27 bits per heavy atom. The molecular weight excluding hydrogens is 136 g/mol. The predicted octanol–water partition coefficient (Wildman–Crippen LogP) is 3.18. The Morgan fingerprint density at radius 2 is 1.91 bits per heavy atom. The average Bonchev–Trinajstić information content (AvgIpc) is 2.08. The maximum Gasteiger partial charge on any atom is 0.0644 e. The number of unbranched alkanes of at least 4 members (excludes halogenated alkanes) is 2. The largest absolute Gasteiger partial charge is 0.377 e. The maximum absolute atomic E-state index is 5.17. The van der Waals surface area contributed by atoms with Crippen LogP contribution >= 0.6 is 0 Å². The zero-order valence-electron chi connectivity index (χ0n) is 7.64. The fourth-order valence-electron chi connectivity index (χ4n) is 0.621. The van der Waals surface area contributed by atoms with Crippen molar-refractivity contribution in [1.29, 1.82) is 0 Å². The lowest BCUT2D eigenvalue weighted by molar-refractivity contribution is 0.158. The minimum atomic E-state index is 0.698. The van der Waals surface area contributed by atoms with E-state index in [-0.39, 0.29) is 0 Å². The second-order valence-electron chi connectivity index (χ2n) is 2.07. The molecule has 0 fully saturated rings. The zero-order chi connectivity index (χ0) is 8.95. The SMILES string of the molecule is C=C.C=CCOCCCCC. The first-order valence-corrected chi connectivity index (χ1v) is 4.10. The molecule has 1 nitrogen and oxygen atoms in total. The summed E-state index contributed by atoms with van der Waals surface area (Å²) in [4.78, 5) is 0. The van der Waals surface area contributed by atoms with Gasteiger partial charge in [-0.3, -0.25) is 0 Å². The van der Waals surface area contributed by atoms with E-state index >= 15 is 0 Å². The molecule has 0 bridgehead atoms. The standard InChI is InChI=1S/C8H16O.C2H4/c1-3-5-6-8-9-7-4-2;1-2/h4H,2-3,5-8H2,1H3;1-2H2. The Hall–Kier alpha value is -0.560. The van der Waals surface area contributed by atoms with Gasteiger partial charge in [0.1, 0.15) is 0 Å². The van der Waals surface area contributed by atoms with Gasteiger partial charge in [-0.25, -0.2) is 0 Å². The normalized spacial score (nSPS) is 8.09. The van der Waals surface area contributed by atoms with Gasteiger partial charge < -0.3 is 4.74 Å². The molecule has 0 aliphatic rings. The van der Waals surface area contributed by atoms with Crippen molar-refractivity contribution in [3.05, 3.63) is 25.8 Å². The molecule has 0 spiro atoms. The van der Waals surface area contributed by atoms with Gasteiger partial charge >= 0.3 is 0 Å². The van der Waals surface area contributed by atoms with Gasteiger partial charge in [0.05, 0.1) is 6.61 Å². The van der Waals surface area contributed by atoms with Crippen LogP contribution in [0.15, 0.2) is 25.8 Å². The summed E-state index contributed by atoms with van der Waals surface area (Å²) in [6.45, 7) is 13.3. The summed E-state index contributed by atoms with van der Waals surface area (Å²) in [5.41, 5.74) is 0. The van der Waals surface area contributed by atoms with Gasteiger partial charge in [0.2, 0.25) is 0 Å². The minimum absolute atomic E-state index is 0.698. The van der Waals surface area contributed by atoms with Crippen LogP contribution in [0.5, 0.6) is 0 Å². The van der Waals surface area contributed by atoms with Crippen LogP contribution < -0.4 is 0 Å². The van der Waals surface area contributed by atoms with Gasteiger partial charge in [-0.2, -0.15) is 0 Å². The Labute approximate surface area is 70.8 Å². The highest BCUT2D eigenvalue weighted by molar-refractivity contribution is 4.63. The molecule has 0 amide bonds. The van der Waals surface area contributed by atoms with E-state index in [0.717, 1.165) is 6.61 Å². The number of hydrogen-bond acceptors (Lipinski definition) is 1. The summed E-state index contributed by atoms with van der Waals surface area (Å²) in [5.74, 6) is 0. The summed E-state index contributed by atoms with van der Waals surface area (Å²) < 4.78 is 5.17. The molecule has 11 heavy (non-hydrogen) atoms. The van der Waals surface area contributed by atoms with Crippen LogP contribution in [-0.2, 0) is 4.74 Å². The van der Waals surface area contributed by atoms with E-state index in [1.54, 1.807) is 6.08 Å². The lowest BCUT2D eigenvalue weighted by atomic mass is 10.3. The third-order valence-electron chi connectivity index (χ3n) is 1.13. The van der Waals surface area contributed by atoms with Crippen LogP contribution in [0.3, 0.4) is 0 Å². The monoisotopic (exact) mass is 156 g/mol. The smallest absolute Gasteiger partial charge is 0.0644 e. The Kier molecular flexibility index (Phi) is 19.3. The molecule has 0 rings (SSSR count). The highest BCUT2D eigenvalue weighted by Gasteiger charge is 1.83. The van der Waals surface area contributed by atoms with Gasteiger partial charge in [-0.1, -0.05) is 25.8 Å². The molecule has 0 atom stereocenters. The van der Waals surface area contributed by atoms with Gasteiger partial charge in [0.25, 0.3) is 0 Å². The van der Waals surface area contributed by atoms with Crippen LogP contribution in [0.2, 0.25) is 0 Å². The number of ether oxygens (including phenoxy) is 1. The Balaban J connectivity index is 0. The highest BCUT2D eigenvalue weighted by atomic mass is 16.5. The third-order valence-corrected chi connectivity index (χ3v) is 1.13. The van der Waals surface area contributed by atoms with Crippen molar-refractivity contribution in [1.82, 2.24) is 0 Å². The molecule has 0 radical (unpaired) electrons. The average molecular weight is 156 g/mol. The molecular formula is C10H20O. The van der Waals surface area contributed by atoms with E-state index in [1.807, 2.05) is 0 Å². The molecule has 0 aliphatic carbocycles. The van der Waals surface area contributed by atoms with Crippen molar-refractivity contribution in [2.75, 3.05) is 13.2 Å². The topological polar surface area (TPSA) is 9.23 Å². The van der Waals surface area contributed by atoms with E-state index in [1.165, 1.54) is 19.3 Å². The summed E-state index contributed by atoms with van der Waals surface area (Å²) in [6.07, 6.45) is 5.50. The van der Waals surface area contributed by atoms with Gasteiger partial charge in [0.15, 0.2) is 0 Å². The molecule has 0 aliphatic heterocycles. The van der Waals surface area contributed by atoms with Gasteiger partial charge in [-0.05, 0) is 6.42 Å². The van der Waals surface area contributed by atoms with E-state index in [2.05, 4.69) is 26.7 Å². The first-order valence-electron chi connectivity index (χ1n) is 4.10. The van der Waals surface area contributed by atoms with Crippen molar-refractivity contribution in [2.45, 2.75) is 26.2 Å².